The van der Waals surface area contributed by atoms with Crippen LogP contribution in [-0.2, 0) is 10.0 Å². The first-order valence-electron chi connectivity index (χ1n) is 9.29. The van der Waals surface area contributed by atoms with Crippen LogP contribution in [0.3, 0.4) is 0 Å². The SMILES string of the molecule is CCN(CC)S(=O)(=O)c1ccc(C(=O)N2CCC(Oc3cccnn3)C2)cc1. The number of carbonyl (C=O) groups is 1. The smallest absolute Gasteiger partial charge is 0.253 e. The average Bonchev–Trinajstić information content (AvgIpc) is 3.17. The molecule has 0 aliphatic carbocycles. The summed E-state index contributed by atoms with van der Waals surface area (Å²) in [6, 6.07) is 9.58. The Labute approximate surface area is 165 Å². The third-order valence-corrected chi connectivity index (χ3v) is 6.78. The van der Waals surface area contributed by atoms with Crippen LogP contribution < -0.4 is 4.74 Å². The van der Waals surface area contributed by atoms with Gasteiger partial charge in [0.1, 0.15) is 6.10 Å². The largest absolute Gasteiger partial charge is 0.471 e. The molecule has 0 N–H and O–H groups in total. The van der Waals surface area contributed by atoms with Gasteiger partial charge in [-0.3, -0.25) is 4.79 Å². The molecule has 1 aliphatic heterocycles. The normalized spacial score (nSPS) is 17.1. The fourth-order valence-corrected chi connectivity index (χ4v) is 4.65. The van der Waals surface area contributed by atoms with Gasteiger partial charge in [-0.15, -0.1) is 5.10 Å². The molecule has 1 aromatic carbocycles. The number of ether oxygens (including phenoxy) is 1. The molecule has 1 aliphatic rings. The first-order chi connectivity index (χ1) is 13.5. The maximum Gasteiger partial charge on any atom is 0.253 e. The lowest BCUT2D eigenvalue weighted by molar-refractivity contribution is 0.0771. The van der Waals surface area contributed by atoms with Gasteiger partial charge in [0.15, 0.2) is 0 Å². The van der Waals surface area contributed by atoms with Gasteiger partial charge in [0.05, 0.1) is 11.4 Å². The Hall–Kier alpha value is -2.52. The van der Waals surface area contributed by atoms with Crippen molar-refractivity contribution in [1.82, 2.24) is 19.4 Å². The van der Waals surface area contributed by atoms with Crippen LogP contribution in [0, 0.1) is 0 Å². The molecule has 3 rings (SSSR count). The number of hydrogen-bond donors (Lipinski definition) is 0. The van der Waals surface area contributed by atoms with E-state index in [0.29, 0.717) is 44.0 Å². The molecule has 1 unspecified atom stereocenters. The van der Waals surface area contributed by atoms with E-state index in [1.165, 1.54) is 16.4 Å². The summed E-state index contributed by atoms with van der Waals surface area (Å²) in [5.41, 5.74) is 0.457. The molecule has 150 valence electrons. The van der Waals surface area contributed by atoms with Gasteiger partial charge in [0.2, 0.25) is 15.9 Å². The molecule has 2 heterocycles. The minimum absolute atomic E-state index is 0.136. The van der Waals surface area contributed by atoms with Crippen molar-refractivity contribution in [3.8, 4) is 5.88 Å². The first kappa shape index (κ1) is 20.2. The highest BCUT2D eigenvalue weighted by Crippen LogP contribution is 2.20. The van der Waals surface area contributed by atoms with Crippen LogP contribution in [-0.4, -0.2) is 66.0 Å². The molecule has 2 aromatic rings. The van der Waals surface area contributed by atoms with Crippen molar-refractivity contribution in [3.05, 3.63) is 48.2 Å². The highest BCUT2D eigenvalue weighted by molar-refractivity contribution is 7.89. The predicted molar refractivity (Wildman–Crippen MR) is 104 cm³/mol. The molecule has 8 nitrogen and oxygen atoms in total. The zero-order valence-electron chi connectivity index (χ0n) is 16.0. The molecule has 1 fully saturated rings. The minimum atomic E-state index is -3.53. The molecule has 0 radical (unpaired) electrons. The fourth-order valence-electron chi connectivity index (χ4n) is 3.19. The van der Waals surface area contributed by atoms with E-state index in [-0.39, 0.29) is 16.9 Å². The van der Waals surface area contributed by atoms with Crippen LogP contribution in [0.25, 0.3) is 0 Å². The van der Waals surface area contributed by atoms with Crippen molar-refractivity contribution in [1.29, 1.82) is 0 Å². The number of hydrogen-bond acceptors (Lipinski definition) is 6. The molecule has 28 heavy (non-hydrogen) atoms. The van der Waals surface area contributed by atoms with E-state index in [0.717, 1.165) is 0 Å². The molecule has 1 saturated heterocycles. The van der Waals surface area contributed by atoms with E-state index < -0.39 is 10.0 Å². The van der Waals surface area contributed by atoms with Gasteiger partial charge in [-0.25, -0.2) is 8.42 Å². The summed E-state index contributed by atoms with van der Waals surface area (Å²) in [6.45, 7) is 5.43. The summed E-state index contributed by atoms with van der Waals surface area (Å²) in [7, 11) is -3.53. The Balaban J connectivity index is 1.65. The first-order valence-corrected chi connectivity index (χ1v) is 10.7. The van der Waals surface area contributed by atoms with E-state index in [1.807, 2.05) is 0 Å². The molecule has 1 amide bonds. The maximum atomic E-state index is 12.7. The Bertz CT molecular complexity index is 899. The van der Waals surface area contributed by atoms with Crippen LogP contribution in [0.1, 0.15) is 30.6 Å². The summed E-state index contributed by atoms with van der Waals surface area (Å²) in [4.78, 5) is 14.6. The van der Waals surface area contributed by atoms with Crippen molar-refractivity contribution in [2.75, 3.05) is 26.2 Å². The summed E-state index contributed by atoms with van der Waals surface area (Å²) in [6.07, 6.45) is 2.14. The monoisotopic (exact) mass is 404 g/mol. The van der Waals surface area contributed by atoms with Crippen molar-refractivity contribution in [3.63, 3.8) is 0 Å². The van der Waals surface area contributed by atoms with Crippen LogP contribution in [0.15, 0.2) is 47.5 Å². The molecular weight excluding hydrogens is 380 g/mol. The Morgan fingerprint density at radius 3 is 2.54 bits per heavy atom. The molecule has 0 bridgehead atoms. The second-order valence-electron chi connectivity index (χ2n) is 6.46. The van der Waals surface area contributed by atoms with Crippen LogP contribution in [0.4, 0.5) is 0 Å². The third kappa shape index (κ3) is 4.31. The van der Waals surface area contributed by atoms with E-state index >= 15 is 0 Å². The van der Waals surface area contributed by atoms with Gasteiger partial charge in [-0.2, -0.15) is 9.40 Å². The predicted octanol–water partition coefficient (Wildman–Crippen LogP) is 1.80. The lowest BCUT2D eigenvalue weighted by Crippen LogP contribution is -2.31. The lowest BCUT2D eigenvalue weighted by atomic mass is 10.2. The highest BCUT2D eigenvalue weighted by Gasteiger charge is 2.29. The van der Waals surface area contributed by atoms with Crippen molar-refractivity contribution >= 4 is 15.9 Å². The summed E-state index contributed by atoms with van der Waals surface area (Å²) >= 11 is 0. The standard InChI is InChI=1S/C19H24N4O4S/c1-3-23(4-2)28(25,26)17-9-7-15(8-10-17)19(24)22-13-11-16(14-22)27-18-6-5-12-20-21-18/h5-10,12,16H,3-4,11,13-14H2,1-2H3. The van der Waals surface area contributed by atoms with Gasteiger partial charge >= 0.3 is 0 Å². The molecular formula is C19H24N4O4S. The molecule has 0 spiro atoms. The maximum absolute atomic E-state index is 12.7. The zero-order chi connectivity index (χ0) is 20.1. The van der Waals surface area contributed by atoms with Gasteiger partial charge in [-0.1, -0.05) is 13.8 Å². The Morgan fingerprint density at radius 1 is 1.21 bits per heavy atom. The number of amides is 1. The van der Waals surface area contributed by atoms with Crippen LogP contribution >= 0.6 is 0 Å². The highest BCUT2D eigenvalue weighted by atomic mass is 32.2. The van der Waals surface area contributed by atoms with Gasteiger partial charge in [-0.05, 0) is 30.3 Å². The van der Waals surface area contributed by atoms with Crippen molar-refractivity contribution < 1.29 is 17.9 Å². The second kappa shape index (κ2) is 8.66. The number of nitrogens with zero attached hydrogens (tertiary/aromatic N) is 4. The minimum Gasteiger partial charge on any atom is -0.471 e. The van der Waals surface area contributed by atoms with E-state index in [2.05, 4.69) is 10.2 Å². The number of benzene rings is 1. The quantitative estimate of drug-likeness (QED) is 0.699. The van der Waals surface area contributed by atoms with E-state index in [9.17, 15) is 13.2 Å². The number of rotatable bonds is 7. The molecule has 9 heteroatoms. The Kier molecular flexibility index (Phi) is 6.25. The lowest BCUT2D eigenvalue weighted by Gasteiger charge is -2.19. The van der Waals surface area contributed by atoms with Gasteiger partial charge < -0.3 is 9.64 Å². The molecule has 1 aromatic heterocycles. The second-order valence-corrected chi connectivity index (χ2v) is 8.39. The molecule has 0 saturated carbocycles. The summed E-state index contributed by atoms with van der Waals surface area (Å²) in [5.74, 6) is 0.296. The van der Waals surface area contributed by atoms with Crippen molar-refractivity contribution in [2.45, 2.75) is 31.3 Å². The van der Waals surface area contributed by atoms with Gasteiger partial charge in [0.25, 0.3) is 5.91 Å². The third-order valence-electron chi connectivity index (χ3n) is 4.71. The number of likely N-dealkylation sites (tertiary alicyclic amines) is 1. The topological polar surface area (TPSA) is 92.7 Å². The van der Waals surface area contributed by atoms with E-state index in [4.69, 9.17) is 4.74 Å². The van der Waals surface area contributed by atoms with Crippen LogP contribution in [0.5, 0.6) is 5.88 Å². The van der Waals surface area contributed by atoms with E-state index in [1.54, 1.807) is 49.2 Å². The average molecular weight is 404 g/mol. The Morgan fingerprint density at radius 2 is 1.93 bits per heavy atom. The fraction of sp³-hybridized carbons (Fsp3) is 0.421. The van der Waals surface area contributed by atoms with Gasteiger partial charge in [0, 0.05) is 43.9 Å². The number of carbonyl (C=O) groups excluding carboxylic acids is 1. The van der Waals surface area contributed by atoms with Crippen LogP contribution in [0.2, 0.25) is 0 Å². The number of sulfonamides is 1. The summed E-state index contributed by atoms with van der Waals surface area (Å²) < 4.78 is 32.2. The zero-order valence-corrected chi connectivity index (χ0v) is 16.8. The number of aromatic nitrogens is 2. The van der Waals surface area contributed by atoms with Crippen molar-refractivity contribution in [2.24, 2.45) is 0 Å². The summed E-state index contributed by atoms with van der Waals surface area (Å²) in [5, 5.41) is 7.67. The molecule has 1 atom stereocenters.